The van der Waals surface area contributed by atoms with E-state index in [2.05, 4.69) is 37.4 Å². The monoisotopic (exact) mass is 1390 g/mol. The molecule has 2 saturated heterocycles. The van der Waals surface area contributed by atoms with Gasteiger partial charge in [-0.2, -0.15) is 0 Å². The highest BCUT2D eigenvalue weighted by molar-refractivity contribution is 5.98. The topological polar surface area (TPSA) is 359 Å². The number of carbonyl (C=O) groups excluding carboxylic acids is 10. The minimum Gasteiger partial charge on any atom is -0.481 e. The number of carboxylic acid groups (broad SMARTS) is 1. The third-order valence-electron chi connectivity index (χ3n) is 19.2. The Kier molecular flexibility index (Phi) is 35.3. The predicted molar refractivity (Wildman–Crippen MR) is 375 cm³/mol. The number of carbonyl (C=O) groups is 11. The molecule has 2 aromatic carbocycles. The molecule has 27 nitrogen and oxygen atoms in total. The van der Waals surface area contributed by atoms with Crippen LogP contribution in [0.5, 0.6) is 0 Å². The second-order valence-corrected chi connectivity index (χ2v) is 28.1. The van der Waals surface area contributed by atoms with E-state index in [1.54, 1.807) is 73.7 Å². The van der Waals surface area contributed by atoms with Crippen molar-refractivity contribution in [3.05, 3.63) is 65.7 Å². The molecule has 2 aliphatic rings. The van der Waals surface area contributed by atoms with Gasteiger partial charge in [0.15, 0.2) is 0 Å². The van der Waals surface area contributed by atoms with Crippen molar-refractivity contribution in [3.8, 4) is 0 Å². The second-order valence-electron chi connectivity index (χ2n) is 28.1. The molecule has 0 aliphatic carbocycles. The van der Waals surface area contributed by atoms with E-state index in [4.69, 9.17) is 20.0 Å². The number of hydrogen-bond donors (Lipinski definition) is 9. The Morgan fingerprint density at radius 2 is 1.32 bits per heavy atom. The van der Waals surface area contributed by atoms with Crippen molar-refractivity contribution in [2.24, 2.45) is 47.2 Å². The maximum Gasteiger partial charge on any atom is 0.312 e. The highest BCUT2D eigenvalue weighted by atomic mass is 16.7. The zero-order valence-corrected chi connectivity index (χ0v) is 61.2. The van der Waals surface area contributed by atoms with Gasteiger partial charge in [0.25, 0.3) is 0 Å². The standard InChI is InChI=1S/C72H116N12O15/c1-16-46(8)63(82(13)70(93)61(44(4)5)79-69(92)62(45(6)7)81(11)12)56(97-14)41-59(87)84-36-22-26-55(84)64(98-15)48(10)66(89)76-53(40-49-23-18-17-19-24-49)39-47(9)65(88)80-99-42-50-29-31-52(32-30-50)75-67(90)54(25-21-35-74-72(73)96)77-68(91)60(43(2)3)78-57(85)27-20-28-58(86)83-37-33-51(34-38-83)71(94)95/h17-19,23-24,29-32,43-48,51,53-56,60-64H,16,20-22,25-28,33-42H2,1-15H3,(H,75,90)(H,76,89)(H,77,91)(H,78,85)(H,79,92)(H,80,88)(H,94,95)(H3,73,74,96)/t46-,47-,48+,53+,54+,55-,56+,60?,61-,62?,63-,64+/m0/s1. The molecule has 2 aromatic rings. The molecule has 10 N–H and O–H groups in total. The molecule has 0 spiro atoms. The van der Waals surface area contributed by atoms with Gasteiger partial charge in [0.05, 0.1) is 55.2 Å². The molecule has 2 unspecified atom stereocenters. The first-order valence-corrected chi connectivity index (χ1v) is 35.2. The van der Waals surface area contributed by atoms with Crippen LogP contribution in [-0.4, -0.2) is 206 Å². The molecule has 554 valence electrons. The number of hydroxylamine groups is 1. The third kappa shape index (κ3) is 26.4. The van der Waals surface area contributed by atoms with Crippen LogP contribution >= 0.6 is 0 Å². The van der Waals surface area contributed by atoms with E-state index in [0.29, 0.717) is 69.4 Å². The Bertz CT molecular complexity index is 2940. The first-order chi connectivity index (χ1) is 46.8. The van der Waals surface area contributed by atoms with Gasteiger partial charge in [-0.05, 0) is 119 Å². The fraction of sp³-hybridized carbons (Fsp3) is 0.681. The molecule has 11 amide bonds. The molecule has 4 rings (SSSR count). The van der Waals surface area contributed by atoms with Crippen LogP contribution in [0.4, 0.5) is 10.5 Å². The molecular formula is C72H116N12O15. The Morgan fingerprint density at radius 1 is 0.677 bits per heavy atom. The summed E-state index contributed by atoms with van der Waals surface area (Å²) in [5.41, 5.74) is 9.74. The smallest absolute Gasteiger partial charge is 0.312 e. The number of ether oxygens (including phenoxy) is 2. The largest absolute Gasteiger partial charge is 0.481 e. The van der Waals surface area contributed by atoms with E-state index in [1.165, 1.54) is 14.2 Å². The van der Waals surface area contributed by atoms with Crippen LogP contribution in [-0.2, 0) is 75.3 Å². The minimum absolute atomic E-state index is 0.00176. The maximum absolute atomic E-state index is 14.6. The lowest BCUT2D eigenvalue weighted by Crippen LogP contribution is -2.59. The average molecular weight is 1390 g/mol. The summed E-state index contributed by atoms with van der Waals surface area (Å²) in [4.78, 5) is 160. The summed E-state index contributed by atoms with van der Waals surface area (Å²) in [6.45, 7) is 19.9. The van der Waals surface area contributed by atoms with Gasteiger partial charge in [0.1, 0.15) is 18.1 Å². The number of anilines is 1. The molecule has 0 saturated carbocycles. The van der Waals surface area contributed by atoms with Gasteiger partial charge < -0.3 is 66.9 Å². The highest BCUT2D eigenvalue weighted by Crippen LogP contribution is 2.31. The van der Waals surface area contributed by atoms with Crippen molar-refractivity contribution in [3.63, 3.8) is 0 Å². The number of benzene rings is 2. The fourth-order valence-corrected chi connectivity index (χ4v) is 13.3. The van der Waals surface area contributed by atoms with E-state index in [1.807, 2.05) is 90.9 Å². The summed E-state index contributed by atoms with van der Waals surface area (Å²) < 4.78 is 12.2. The Balaban J connectivity index is 1.37. The van der Waals surface area contributed by atoms with Gasteiger partial charge in [-0.15, -0.1) is 0 Å². The van der Waals surface area contributed by atoms with E-state index >= 15 is 0 Å². The number of methoxy groups -OCH3 is 2. The fourth-order valence-electron chi connectivity index (χ4n) is 13.3. The summed E-state index contributed by atoms with van der Waals surface area (Å²) in [7, 11) is 8.46. The quantitative estimate of drug-likeness (QED) is 0.0307. The predicted octanol–water partition coefficient (Wildman–Crippen LogP) is 5.14. The maximum atomic E-state index is 14.6. The lowest BCUT2D eigenvalue weighted by molar-refractivity contribution is -0.148. The summed E-state index contributed by atoms with van der Waals surface area (Å²) in [5.74, 6) is -6.76. The third-order valence-corrected chi connectivity index (χ3v) is 19.2. The summed E-state index contributed by atoms with van der Waals surface area (Å²) in [5, 5.41) is 26.3. The number of rotatable bonds is 41. The number of amides is 11. The summed E-state index contributed by atoms with van der Waals surface area (Å²) >= 11 is 0. The number of primary amides is 1. The van der Waals surface area contributed by atoms with Gasteiger partial charge in [-0.3, -0.25) is 57.7 Å². The van der Waals surface area contributed by atoms with Crippen LogP contribution in [0.15, 0.2) is 54.6 Å². The SMILES string of the molecule is CC[C@H](C)[C@@H]([C@@H](CC(=O)N1CCC[C@H]1[C@H](OC)[C@@H](C)C(=O)N[C@@H](Cc1ccccc1)C[C@H](C)C(=O)NOCc1ccc(NC(=O)[C@@H](CCCNC(N)=O)NC(=O)C(NC(=O)CCCC(=O)N2CCC(C(=O)O)CC2)C(C)C)cc1)OC)N(C)C(=O)[C@@H](NC(=O)C(C(C)C)N(C)C)C(C)C. The number of hydrogen-bond acceptors (Lipinski definition) is 15. The van der Waals surface area contributed by atoms with Crippen molar-refractivity contribution in [1.82, 2.24) is 51.7 Å². The van der Waals surface area contributed by atoms with Gasteiger partial charge >= 0.3 is 12.0 Å². The number of nitrogens with zero attached hydrogens (tertiary/aromatic N) is 4. The number of likely N-dealkylation sites (tertiary alicyclic amines) is 2. The van der Waals surface area contributed by atoms with Gasteiger partial charge in [0.2, 0.25) is 53.2 Å². The van der Waals surface area contributed by atoms with Crippen LogP contribution in [0.2, 0.25) is 0 Å². The average Bonchev–Trinajstić information content (AvgIpc) is 1.80. The minimum atomic E-state index is -1.11. The molecule has 2 aliphatic heterocycles. The molecule has 99 heavy (non-hydrogen) atoms. The molecule has 2 heterocycles. The van der Waals surface area contributed by atoms with Crippen LogP contribution < -0.4 is 43.1 Å². The van der Waals surface area contributed by atoms with Crippen LogP contribution in [0.1, 0.15) is 157 Å². The normalized spacial score (nSPS) is 17.6. The molecule has 0 bridgehead atoms. The number of piperidine rings is 1. The number of nitrogens with one attached hydrogen (secondary N) is 7. The lowest BCUT2D eigenvalue weighted by atomic mass is 9.89. The van der Waals surface area contributed by atoms with E-state index in [9.17, 15) is 57.8 Å². The number of aliphatic carboxylic acids is 1. The second kappa shape index (κ2) is 41.7. The number of carboxylic acids is 1. The Labute approximate surface area is 585 Å². The molecule has 2 fully saturated rings. The summed E-state index contributed by atoms with van der Waals surface area (Å²) in [6, 6.07) is 10.5. The van der Waals surface area contributed by atoms with Crippen LogP contribution in [0.3, 0.4) is 0 Å². The van der Waals surface area contributed by atoms with E-state index in [-0.39, 0.29) is 105 Å². The van der Waals surface area contributed by atoms with Crippen LogP contribution in [0.25, 0.3) is 0 Å². The van der Waals surface area contributed by atoms with Crippen molar-refractivity contribution in [2.45, 2.75) is 214 Å². The zero-order chi connectivity index (χ0) is 73.8. The van der Waals surface area contributed by atoms with Crippen molar-refractivity contribution >= 4 is 70.9 Å². The molecular weight excluding hydrogens is 1270 g/mol. The number of urea groups is 1. The molecule has 0 radical (unpaired) electrons. The summed E-state index contributed by atoms with van der Waals surface area (Å²) in [6.07, 6.45) is 2.46. The first-order valence-electron chi connectivity index (χ1n) is 35.2. The number of nitrogens with two attached hydrogens (primary N) is 1. The van der Waals surface area contributed by atoms with Crippen molar-refractivity contribution in [1.29, 1.82) is 0 Å². The molecule has 0 aromatic heterocycles. The van der Waals surface area contributed by atoms with Crippen molar-refractivity contribution in [2.75, 3.05) is 66.9 Å². The van der Waals surface area contributed by atoms with Crippen molar-refractivity contribution < 1.29 is 72.2 Å². The number of likely N-dealkylation sites (N-methyl/N-ethyl adjacent to an activating group) is 2. The Hall–Kier alpha value is -7.75. The first kappa shape index (κ1) is 83.7. The van der Waals surface area contributed by atoms with E-state index in [0.717, 1.165) is 5.56 Å². The van der Waals surface area contributed by atoms with E-state index < -0.39 is 114 Å². The highest BCUT2D eigenvalue weighted by Gasteiger charge is 2.44. The van der Waals surface area contributed by atoms with Crippen LogP contribution in [0, 0.1) is 41.4 Å². The van der Waals surface area contributed by atoms with Gasteiger partial charge in [-0.1, -0.05) is 118 Å². The zero-order valence-electron chi connectivity index (χ0n) is 61.2. The lowest BCUT2D eigenvalue weighted by Gasteiger charge is -2.41. The molecule has 12 atom stereocenters. The Morgan fingerprint density at radius 3 is 1.89 bits per heavy atom. The molecule has 27 heteroatoms. The van der Waals surface area contributed by atoms with Gasteiger partial charge in [-0.25, -0.2) is 10.3 Å². The van der Waals surface area contributed by atoms with Gasteiger partial charge in [0, 0.05) is 77.9 Å².